The maximum Gasteiger partial charge on any atom is 0.338 e. The molecule has 9 heteroatoms. The van der Waals surface area contributed by atoms with Gasteiger partial charge in [-0.2, -0.15) is 0 Å². The highest BCUT2D eigenvalue weighted by Gasteiger charge is 2.21. The molecule has 37 heavy (non-hydrogen) atoms. The molecule has 9 nitrogen and oxygen atoms in total. The molecular formula is C28H21N5O4. The van der Waals surface area contributed by atoms with Crippen LogP contribution in [0.3, 0.4) is 0 Å². The third-order valence-electron chi connectivity index (χ3n) is 6.15. The van der Waals surface area contributed by atoms with E-state index in [1.165, 1.54) is 10.9 Å². The number of esters is 1. The first-order chi connectivity index (χ1) is 18.1. The summed E-state index contributed by atoms with van der Waals surface area (Å²) < 4.78 is 13.6. The van der Waals surface area contributed by atoms with E-state index >= 15 is 0 Å². The van der Waals surface area contributed by atoms with Gasteiger partial charge >= 0.3 is 5.97 Å². The second-order valence-electron chi connectivity index (χ2n) is 8.30. The van der Waals surface area contributed by atoms with Crippen LogP contribution in [0.2, 0.25) is 0 Å². The number of carbonyl (C=O) groups is 1. The monoisotopic (exact) mass is 491 g/mol. The Labute approximate surface area is 210 Å². The second kappa shape index (κ2) is 8.87. The molecule has 0 amide bonds. The summed E-state index contributed by atoms with van der Waals surface area (Å²) in [6, 6.07) is 21.6. The first-order valence-corrected chi connectivity index (χ1v) is 11.7. The van der Waals surface area contributed by atoms with Gasteiger partial charge in [-0.25, -0.2) is 19.7 Å². The molecule has 6 rings (SSSR count). The lowest BCUT2D eigenvalue weighted by molar-refractivity contribution is 0.0526. The van der Waals surface area contributed by atoms with Crippen molar-refractivity contribution in [3.63, 3.8) is 0 Å². The molecule has 3 aromatic carbocycles. The topological polar surface area (TPSA) is 101 Å². The zero-order valence-corrected chi connectivity index (χ0v) is 20.1. The van der Waals surface area contributed by atoms with Crippen molar-refractivity contribution in [3.05, 3.63) is 95.0 Å². The third-order valence-corrected chi connectivity index (χ3v) is 6.15. The Kier molecular flexibility index (Phi) is 5.37. The van der Waals surface area contributed by atoms with Crippen LogP contribution >= 0.6 is 0 Å². The zero-order chi connectivity index (χ0) is 25.5. The molecule has 6 aromatic rings. The minimum absolute atomic E-state index is 0.286. The molecule has 3 aromatic heterocycles. The summed E-state index contributed by atoms with van der Waals surface area (Å²) in [6.07, 6.45) is 1.47. The fourth-order valence-electron chi connectivity index (χ4n) is 4.37. The molecule has 3 heterocycles. The van der Waals surface area contributed by atoms with Crippen LogP contribution in [0.1, 0.15) is 17.3 Å². The van der Waals surface area contributed by atoms with Crippen molar-refractivity contribution in [2.75, 3.05) is 13.7 Å². The highest BCUT2D eigenvalue weighted by molar-refractivity contribution is 6.05. The van der Waals surface area contributed by atoms with Crippen LogP contribution < -0.4 is 10.3 Å². The molecule has 0 N–H and O–H groups in total. The number of benzene rings is 3. The predicted molar refractivity (Wildman–Crippen MR) is 140 cm³/mol. The normalized spacial score (nSPS) is 11.3. The second-order valence-corrected chi connectivity index (χ2v) is 8.30. The van der Waals surface area contributed by atoms with Crippen LogP contribution in [0.15, 0.2) is 83.9 Å². The molecule has 0 radical (unpaired) electrons. The summed E-state index contributed by atoms with van der Waals surface area (Å²) >= 11 is 0. The molecule has 0 saturated heterocycles. The van der Waals surface area contributed by atoms with Gasteiger partial charge in [-0.1, -0.05) is 12.1 Å². The SMILES string of the molecule is CCOC(=O)c1ccc(-n2cnc3c(c2=O)c2nc4ccccc4nc2n3-c2ccc(OC)cc2)cc1. The van der Waals surface area contributed by atoms with Gasteiger partial charge in [0.05, 0.1) is 36.0 Å². The number of ether oxygens (including phenoxy) is 2. The number of para-hydroxylation sites is 2. The molecule has 0 fully saturated rings. The van der Waals surface area contributed by atoms with Gasteiger partial charge in [0.25, 0.3) is 5.56 Å². The molecule has 182 valence electrons. The fourth-order valence-corrected chi connectivity index (χ4v) is 4.37. The minimum Gasteiger partial charge on any atom is -0.497 e. The first-order valence-electron chi connectivity index (χ1n) is 11.7. The smallest absolute Gasteiger partial charge is 0.338 e. The lowest BCUT2D eigenvalue weighted by Crippen LogP contribution is -2.19. The van der Waals surface area contributed by atoms with E-state index in [0.29, 0.717) is 50.2 Å². The Bertz CT molecular complexity index is 1860. The van der Waals surface area contributed by atoms with Gasteiger partial charge in [-0.3, -0.25) is 13.9 Å². The Morgan fingerprint density at radius 3 is 2.22 bits per heavy atom. The minimum atomic E-state index is -0.417. The number of fused-ring (bicyclic) bond motifs is 4. The fraction of sp³-hybridized carbons (Fsp3) is 0.107. The van der Waals surface area contributed by atoms with E-state index in [0.717, 1.165) is 5.69 Å². The van der Waals surface area contributed by atoms with E-state index in [1.54, 1.807) is 38.3 Å². The Balaban J connectivity index is 1.61. The lowest BCUT2D eigenvalue weighted by atomic mass is 10.2. The number of aromatic nitrogens is 5. The van der Waals surface area contributed by atoms with E-state index in [-0.39, 0.29) is 12.2 Å². The number of hydrogen-bond donors (Lipinski definition) is 0. The summed E-state index contributed by atoms with van der Waals surface area (Å²) in [6.45, 7) is 2.04. The van der Waals surface area contributed by atoms with Crippen LogP contribution in [0.25, 0.3) is 44.6 Å². The van der Waals surface area contributed by atoms with Crippen molar-refractivity contribution in [2.45, 2.75) is 6.92 Å². The largest absolute Gasteiger partial charge is 0.497 e. The lowest BCUT2D eigenvalue weighted by Gasteiger charge is -2.09. The van der Waals surface area contributed by atoms with E-state index in [1.807, 2.05) is 53.1 Å². The maximum absolute atomic E-state index is 13.9. The average molecular weight is 492 g/mol. The van der Waals surface area contributed by atoms with E-state index in [9.17, 15) is 9.59 Å². The quantitative estimate of drug-likeness (QED) is 0.328. The third kappa shape index (κ3) is 3.68. The molecule has 0 aliphatic carbocycles. The molecule has 0 unspecified atom stereocenters. The number of methoxy groups -OCH3 is 1. The van der Waals surface area contributed by atoms with Crippen molar-refractivity contribution in [1.82, 2.24) is 24.1 Å². The zero-order valence-electron chi connectivity index (χ0n) is 20.1. The van der Waals surface area contributed by atoms with Crippen LogP contribution in [0.4, 0.5) is 0 Å². The first kappa shape index (κ1) is 22.4. The number of nitrogens with zero attached hydrogens (tertiary/aromatic N) is 5. The van der Waals surface area contributed by atoms with Crippen LogP contribution in [-0.2, 0) is 4.74 Å². The van der Waals surface area contributed by atoms with E-state index < -0.39 is 5.97 Å². The number of carbonyl (C=O) groups excluding carboxylic acids is 1. The summed E-state index contributed by atoms with van der Waals surface area (Å²) in [7, 11) is 1.61. The molecular weight excluding hydrogens is 470 g/mol. The van der Waals surface area contributed by atoms with Gasteiger partial charge in [0, 0.05) is 5.69 Å². The standard InChI is InChI=1S/C28H21N5O4/c1-3-37-28(35)17-8-10-18(11-9-17)32-16-29-25-23(27(32)34)24-26(31-22-7-5-4-6-21(22)30-24)33(25)19-12-14-20(36-2)15-13-19/h4-16H,3H2,1-2H3. The van der Waals surface area contributed by atoms with Gasteiger partial charge in [0.2, 0.25) is 0 Å². The Morgan fingerprint density at radius 1 is 0.865 bits per heavy atom. The molecule has 0 spiro atoms. The molecule has 0 aliphatic heterocycles. The molecule has 0 atom stereocenters. The summed E-state index contributed by atoms with van der Waals surface area (Å²) in [5.41, 5.74) is 4.26. The predicted octanol–water partition coefficient (Wildman–Crippen LogP) is 4.46. The average Bonchev–Trinajstić information content (AvgIpc) is 3.26. The van der Waals surface area contributed by atoms with Gasteiger partial charge in [0.1, 0.15) is 23.0 Å². The molecule has 0 saturated carbocycles. The molecule has 0 bridgehead atoms. The van der Waals surface area contributed by atoms with Crippen LogP contribution in [-0.4, -0.2) is 43.8 Å². The van der Waals surface area contributed by atoms with Crippen molar-refractivity contribution in [3.8, 4) is 17.1 Å². The summed E-state index contributed by atoms with van der Waals surface area (Å²) in [5, 5.41) is 0.348. The Morgan fingerprint density at radius 2 is 1.54 bits per heavy atom. The number of rotatable bonds is 5. The van der Waals surface area contributed by atoms with Crippen molar-refractivity contribution >= 4 is 39.2 Å². The Hall–Kier alpha value is -5.05. The highest BCUT2D eigenvalue weighted by Crippen LogP contribution is 2.29. The van der Waals surface area contributed by atoms with Crippen molar-refractivity contribution in [2.24, 2.45) is 0 Å². The summed E-state index contributed by atoms with van der Waals surface area (Å²) in [4.78, 5) is 40.3. The number of hydrogen-bond acceptors (Lipinski definition) is 7. The van der Waals surface area contributed by atoms with Crippen LogP contribution in [0, 0.1) is 0 Å². The molecule has 0 aliphatic rings. The maximum atomic E-state index is 13.9. The van der Waals surface area contributed by atoms with Gasteiger partial charge in [0.15, 0.2) is 11.3 Å². The highest BCUT2D eigenvalue weighted by atomic mass is 16.5. The van der Waals surface area contributed by atoms with E-state index in [4.69, 9.17) is 19.4 Å². The van der Waals surface area contributed by atoms with Gasteiger partial charge < -0.3 is 9.47 Å². The van der Waals surface area contributed by atoms with E-state index in [2.05, 4.69) is 4.98 Å². The summed E-state index contributed by atoms with van der Waals surface area (Å²) in [5.74, 6) is 0.294. The van der Waals surface area contributed by atoms with Crippen molar-refractivity contribution in [1.29, 1.82) is 0 Å². The van der Waals surface area contributed by atoms with Gasteiger partial charge in [-0.15, -0.1) is 0 Å². The van der Waals surface area contributed by atoms with Gasteiger partial charge in [-0.05, 0) is 67.6 Å². The van der Waals surface area contributed by atoms with Crippen molar-refractivity contribution < 1.29 is 14.3 Å². The van der Waals surface area contributed by atoms with Crippen LogP contribution in [0.5, 0.6) is 5.75 Å².